The minimum absolute atomic E-state index is 0.273. The van der Waals surface area contributed by atoms with Crippen molar-refractivity contribution in [2.45, 2.75) is 20.0 Å². The Kier molecular flexibility index (Phi) is 5.02. The molecule has 0 aliphatic rings. The van der Waals surface area contributed by atoms with Crippen LogP contribution in [0.3, 0.4) is 0 Å². The van der Waals surface area contributed by atoms with Crippen molar-refractivity contribution in [3.8, 4) is 0 Å². The Balaban J connectivity index is 3.75. The molecule has 0 radical (unpaired) electrons. The highest BCUT2D eigenvalue weighted by Crippen LogP contribution is 2.08. The molecule has 0 N–H and O–H groups in total. The van der Waals surface area contributed by atoms with E-state index in [4.69, 9.17) is 15.8 Å². The monoisotopic (exact) mass is 218 g/mol. The van der Waals surface area contributed by atoms with Gasteiger partial charge in [0, 0.05) is 5.57 Å². The first-order valence-corrected chi connectivity index (χ1v) is 8.11. The van der Waals surface area contributed by atoms with Crippen molar-refractivity contribution in [2.75, 3.05) is 6.61 Å². The van der Waals surface area contributed by atoms with E-state index in [0.29, 0.717) is 5.57 Å². The molecule has 0 fully saturated rings. The molecule has 0 unspecified atom stereocenters. The summed E-state index contributed by atoms with van der Waals surface area (Å²) in [4.78, 5) is 10.9. The number of ether oxygens (including phenoxy) is 1. The molecule has 0 bridgehead atoms. The SMILES string of the molecule is C=C(C)C(=O)OCC=C[Si](C)(C)Cl. The van der Waals surface area contributed by atoms with Gasteiger partial charge in [-0.25, -0.2) is 4.79 Å². The van der Waals surface area contributed by atoms with Gasteiger partial charge in [0.1, 0.15) is 6.61 Å². The Morgan fingerprint density at radius 1 is 1.62 bits per heavy atom. The van der Waals surface area contributed by atoms with Crippen LogP contribution < -0.4 is 0 Å². The molecule has 0 aromatic rings. The van der Waals surface area contributed by atoms with Crippen LogP contribution in [0.5, 0.6) is 0 Å². The summed E-state index contributed by atoms with van der Waals surface area (Å²) in [6.07, 6.45) is 1.78. The third-order valence-electron chi connectivity index (χ3n) is 1.17. The van der Waals surface area contributed by atoms with E-state index >= 15 is 0 Å². The Hall–Kier alpha value is -0.543. The molecule has 0 aromatic carbocycles. The zero-order chi connectivity index (χ0) is 10.5. The lowest BCUT2D eigenvalue weighted by Gasteiger charge is -2.05. The summed E-state index contributed by atoms with van der Waals surface area (Å²) in [5.41, 5.74) is 2.33. The summed E-state index contributed by atoms with van der Waals surface area (Å²) >= 11 is 6.01. The quantitative estimate of drug-likeness (QED) is 0.314. The highest BCUT2D eigenvalue weighted by molar-refractivity contribution is 7.21. The number of halogens is 1. The van der Waals surface area contributed by atoms with Crippen LogP contribution in [-0.2, 0) is 9.53 Å². The topological polar surface area (TPSA) is 26.3 Å². The van der Waals surface area contributed by atoms with Gasteiger partial charge < -0.3 is 4.74 Å². The average molecular weight is 219 g/mol. The molecule has 0 saturated carbocycles. The number of carbonyl (C=O) groups is 1. The molecule has 0 spiro atoms. The molecule has 0 aromatic heterocycles. The molecule has 0 aliphatic carbocycles. The van der Waals surface area contributed by atoms with E-state index in [1.807, 2.05) is 18.8 Å². The van der Waals surface area contributed by atoms with Gasteiger partial charge in [0.2, 0.25) is 0 Å². The number of esters is 1. The van der Waals surface area contributed by atoms with Crippen molar-refractivity contribution in [1.29, 1.82) is 0 Å². The molecule has 13 heavy (non-hydrogen) atoms. The Morgan fingerprint density at radius 3 is 2.54 bits per heavy atom. The molecule has 0 saturated heterocycles. The van der Waals surface area contributed by atoms with Crippen LogP contribution in [0.1, 0.15) is 6.92 Å². The third kappa shape index (κ3) is 7.81. The zero-order valence-corrected chi connectivity index (χ0v) is 10.0. The molecule has 0 atom stereocenters. The van der Waals surface area contributed by atoms with Crippen LogP contribution in [0.25, 0.3) is 0 Å². The summed E-state index contributed by atoms with van der Waals surface area (Å²) in [5.74, 6) is -0.362. The van der Waals surface area contributed by atoms with Crippen LogP contribution >= 0.6 is 11.1 Å². The van der Waals surface area contributed by atoms with Crippen LogP contribution in [0.15, 0.2) is 23.9 Å². The van der Waals surface area contributed by atoms with E-state index < -0.39 is 7.38 Å². The fourth-order valence-electron chi connectivity index (χ4n) is 0.575. The number of carbonyl (C=O) groups excluding carboxylic acids is 1. The maximum atomic E-state index is 10.9. The maximum Gasteiger partial charge on any atom is 0.333 e. The van der Waals surface area contributed by atoms with Crippen molar-refractivity contribution in [3.05, 3.63) is 23.9 Å². The molecule has 4 heteroatoms. The molecule has 0 rings (SSSR count). The molecule has 0 heterocycles. The first-order valence-electron chi connectivity index (χ1n) is 4.02. The van der Waals surface area contributed by atoms with Gasteiger partial charge in [-0.05, 0) is 6.92 Å². The Morgan fingerprint density at radius 2 is 2.15 bits per heavy atom. The van der Waals surface area contributed by atoms with E-state index in [0.717, 1.165) is 0 Å². The van der Waals surface area contributed by atoms with Gasteiger partial charge in [-0.15, -0.1) is 0 Å². The van der Waals surface area contributed by atoms with Crippen molar-refractivity contribution in [1.82, 2.24) is 0 Å². The van der Waals surface area contributed by atoms with E-state index in [1.54, 1.807) is 13.0 Å². The normalized spacial score (nSPS) is 11.7. The van der Waals surface area contributed by atoms with Gasteiger partial charge >= 0.3 is 5.97 Å². The van der Waals surface area contributed by atoms with E-state index in [-0.39, 0.29) is 12.6 Å². The van der Waals surface area contributed by atoms with Crippen molar-refractivity contribution in [3.63, 3.8) is 0 Å². The van der Waals surface area contributed by atoms with Crippen molar-refractivity contribution in [2.24, 2.45) is 0 Å². The Labute approximate surface area is 84.9 Å². The number of rotatable bonds is 4. The highest BCUT2D eigenvalue weighted by atomic mass is 35.6. The molecule has 0 aliphatic heterocycles. The van der Waals surface area contributed by atoms with Gasteiger partial charge in [0.15, 0.2) is 7.38 Å². The predicted molar refractivity (Wildman–Crippen MR) is 58.2 cm³/mol. The summed E-state index contributed by atoms with van der Waals surface area (Å²) in [7, 11) is -1.68. The fourth-order valence-corrected chi connectivity index (χ4v) is 1.50. The lowest BCUT2D eigenvalue weighted by Crippen LogP contribution is -2.12. The first kappa shape index (κ1) is 12.5. The van der Waals surface area contributed by atoms with Crippen LogP contribution in [-0.4, -0.2) is 20.0 Å². The van der Waals surface area contributed by atoms with Crippen LogP contribution in [0.4, 0.5) is 0 Å². The average Bonchev–Trinajstić information content (AvgIpc) is 1.95. The summed E-state index contributed by atoms with van der Waals surface area (Å²) in [5, 5.41) is 0. The van der Waals surface area contributed by atoms with Crippen LogP contribution in [0, 0.1) is 0 Å². The molecule has 2 nitrogen and oxygen atoms in total. The molecule has 0 amide bonds. The maximum absolute atomic E-state index is 10.9. The summed E-state index contributed by atoms with van der Waals surface area (Å²) in [6, 6.07) is 0. The smallest absolute Gasteiger partial charge is 0.333 e. The van der Waals surface area contributed by atoms with Crippen molar-refractivity contribution < 1.29 is 9.53 Å². The van der Waals surface area contributed by atoms with E-state index in [9.17, 15) is 4.79 Å². The third-order valence-corrected chi connectivity index (χ3v) is 2.58. The van der Waals surface area contributed by atoms with Gasteiger partial charge in [-0.2, -0.15) is 11.1 Å². The van der Waals surface area contributed by atoms with Gasteiger partial charge in [-0.3, -0.25) is 0 Å². The van der Waals surface area contributed by atoms with E-state index in [2.05, 4.69) is 6.58 Å². The summed E-state index contributed by atoms with van der Waals surface area (Å²) < 4.78 is 4.84. The number of hydrogen-bond acceptors (Lipinski definition) is 2. The largest absolute Gasteiger partial charge is 0.458 e. The van der Waals surface area contributed by atoms with Gasteiger partial charge in [0.25, 0.3) is 0 Å². The lowest BCUT2D eigenvalue weighted by molar-refractivity contribution is -0.137. The minimum Gasteiger partial charge on any atom is -0.458 e. The zero-order valence-electron chi connectivity index (χ0n) is 8.26. The second-order valence-electron chi connectivity index (χ2n) is 3.35. The molecule has 74 valence electrons. The van der Waals surface area contributed by atoms with E-state index in [1.165, 1.54) is 0 Å². The first-order chi connectivity index (χ1) is 5.83. The second-order valence-corrected chi connectivity index (χ2v) is 9.73. The second kappa shape index (κ2) is 5.24. The minimum atomic E-state index is -1.68. The predicted octanol–water partition coefficient (Wildman–Crippen LogP) is 2.65. The molecular weight excluding hydrogens is 204 g/mol. The van der Waals surface area contributed by atoms with Gasteiger partial charge in [0.05, 0.1) is 0 Å². The molecular formula is C9H15ClO2Si. The van der Waals surface area contributed by atoms with Crippen molar-refractivity contribution >= 4 is 24.4 Å². The summed E-state index contributed by atoms with van der Waals surface area (Å²) in [6.45, 7) is 9.34. The highest BCUT2D eigenvalue weighted by Gasteiger charge is 2.10. The standard InChI is InChI=1S/C9H15ClO2Si/c1-8(2)9(11)12-6-5-7-13(3,4)10/h5,7H,1,6H2,2-4H3. The van der Waals surface area contributed by atoms with Gasteiger partial charge in [-0.1, -0.05) is 31.4 Å². The number of hydrogen-bond donors (Lipinski definition) is 0. The van der Waals surface area contributed by atoms with Crippen LogP contribution in [0.2, 0.25) is 13.1 Å². The Bertz CT molecular complexity index is 228. The lowest BCUT2D eigenvalue weighted by atomic mass is 10.4. The fraction of sp³-hybridized carbons (Fsp3) is 0.444.